The van der Waals surface area contributed by atoms with Gasteiger partial charge in [0.05, 0.1) is 6.61 Å². The molecular formula is C12H27NOS. The van der Waals surface area contributed by atoms with E-state index in [1.807, 2.05) is 11.8 Å². The van der Waals surface area contributed by atoms with E-state index in [1.54, 1.807) is 7.11 Å². The van der Waals surface area contributed by atoms with Gasteiger partial charge in [-0.25, -0.2) is 0 Å². The van der Waals surface area contributed by atoms with Crippen LogP contribution in [0.25, 0.3) is 0 Å². The molecule has 15 heavy (non-hydrogen) atoms. The fraction of sp³-hybridized carbons (Fsp3) is 1.00. The van der Waals surface area contributed by atoms with Crippen molar-refractivity contribution in [2.24, 2.45) is 11.8 Å². The predicted molar refractivity (Wildman–Crippen MR) is 70.7 cm³/mol. The smallest absolute Gasteiger partial charge is 0.0587 e. The van der Waals surface area contributed by atoms with E-state index in [9.17, 15) is 0 Å². The van der Waals surface area contributed by atoms with Gasteiger partial charge in [-0.2, -0.15) is 11.8 Å². The summed E-state index contributed by atoms with van der Waals surface area (Å²) in [5, 5.41) is 3.47. The van der Waals surface area contributed by atoms with Gasteiger partial charge >= 0.3 is 0 Å². The van der Waals surface area contributed by atoms with Crippen molar-refractivity contribution in [1.82, 2.24) is 5.32 Å². The summed E-state index contributed by atoms with van der Waals surface area (Å²) in [4.78, 5) is 0. The highest BCUT2D eigenvalue weighted by molar-refractivity contribution is 7.98. The fourth-order valence-corrected chi connectivity index (χ4v) is 2.30. The van der Waals surface area contributed by atoms with Crippen molar-refractivity contribution in [3.05, 3.63) is 0 Å². The largest absolute Gasteiger partial charge is 0.383 e. The van der Waals surface area contributed by atoms with Crippen LogP contribution in [0.3, 0.4) is 0 Å². The Bertz CT molecular complexity index is 131. The highest BCUT2D eigenvalue weighted by Crippen LogP contribution is 2.16. The minimum atomic E-state index is 0.807. The zero-order chi connectivity index (χ0) is 11.5. The lowest BCUT2D eigenvalue weighted by Crippen LogP contribution is -2.27. The third-order valence-electron chi connectivity index (χ3n) is 2.45. The highest BCUT2D eigenvalue weighted by Gasteiger charge is 2.09. The molecule has 2 nitrogen and oxygen atoms in total. The second-order valence-electron chi connectivity index (χ2n) is 4.47. The van der Waals surface area contributed by atoms with Crippen LogP contribution in [-0.2, 0) is 4.74 Å². The average Bonchev–Trinajstić information content (AvgIpc) is 2.19. The Labute approximate surface area is 99.5 Å². The van der Waals surface area contributed by atoms with Crippen LogP contribution in [0.2, 0.25) is 0 Å². The summed E-state index contributed by atoms with van der Waals surface area (Å²) in [7, 11) is 1.75. The van der Waals surface area contributed by atoms with Crippen molar-refractivity contribution in [1.29, 1.82) is 0 Å². The molecule has 1 atom stereocenters. The second kappa shape index (κ2) is 10.8. The molecule has 0 aromatic carbocycles. The summed E-state index contributed by atoms with van der Waals surface area (Å²) >= 11 is 1.95. The lowest BCUT2D eigenvalue weighted by molar-refractivity contribution is 0.197. The van der Waals surface area contributed by atoms with Crippen LogP contribution in [0.1, 0.15) is 26.7 Å². The van der Waals surface area contributed by atoms with E-state index in [0.717, 1.165) is 31.5 Å². The molecule has 0 bridgehead atoms. The van der Waals surface area contributed by atoms with Crippen molar-refractivity contribution in [2.45, 2.75) is 26.7 Å². The Kier molecular flexibility index (Phi) is 11.0. The van der Waals surface area contributed by atoms with Gasteiger partial charge in [0.1, 0.15) is 0 Å². The van der Waals surface area contributed by atoms with Gasteiger partial charge in [-0.3, -0.25) is 0 Å². The SMILES string of the molecule is COCCNCC(CCSC)CC(C)C. The van der Waals surface area contributed by atoms with Crippen LogP contribution in [0, 0.1) is 11.8 Å². The zero-order valence-electron chi connectivity index (χ0n) is 10.7. The van der Waals surface area contributed by atoms with Crippen LogP contribution < -0.4 is 5.32 Å². The molecule has 3 heteroatoms. The molecule has 0 radical (unpaired) electrons. The Morgan fingerprint density at radius 1 is 1.33 bits per heavy atom. The van der Waals surface area contributed by atoms with Crippen molar-refractivity contribution in [3.8, 4) is 0 Å². The van der Waals surface area contributed by atoms with E-state index in [1.165, 1.54) is 18.6 Å². The Balaban J connectivity index is 3.59. The molecule has 1 unspecified atom stereocenters. The molecule has 0 rings (SSSR count). The maximum absolute atomic E-state index is 5.02. The predicted octanol–water partition coefficient (Wildman–Crippen LogP) is 2.64. The van der Waals surface area contributed by atoms with Crippen molar-refractivity contribution in [2.75, 3.05) is 38.8 Å². The molecule has 0 aliphatic carbocycles. The summed E-state index contributed by atoms with van der Waals surface area (Å²) in [6.07, 6.45) is 4.85. The summed E-state index contributed by atoms with van der Waals surface area (Å²) in [6.45, 7) is 7.55. The number of rotatable bonds is 10. The molecule has 0 aromatic rings. The Morgan fingerprint density at radius 3 is 2.60 bits per heavy atom. The second-order valence-corrected chi connectivity index (χ2v) is 5.46. The molecule has 1 N–H and O–H groups in total. The van der Waals surface area contributed by atoms with Gasteiger partial charge in [0, 0.05) is 13.7 Å². The summed E-state index contributed by atoms with van der Waals surface area (Å²) < 4.78 is 5.02. The normalized spacial score (nSPS) is 13.4. The molecule has 0 aliphatic heterocycles. The van der Waals surface area contributed by atoms with Crippen LogP contribution in [0.5, 0.6) is 0 Å². The minimum Gasteiger partial charge on any atom is -0.383 e. The lowest BCUT2D eigenvalue weighted by atomic mass is 9.95. The van der Waals surface area contributed by atoms with Gasteiger partial charge in [-0.1, -0.05) is 13.8 Å². The van der Waals surface area contributed by atoms with Crippen molar-refractivity contribution < 1.29 is 4.74 Å². The minimum absolute atomic E-state index is 0.807. The maximum Gasteiger partial charge on any atom is 0.0587 e. The molecule has 0 heterocycles. The number of methoxy groups -OCH3 is 1. The molecule has 0 saturated heterocycles. The van der Waals surface area contributed by atoms with Gasteiger partial charge in [0.25, 0.3) is 0 Å². The molecule has 92 valence electrons. The average molecular weight is 233 g/mol. The number of hydrogen-bond donors (Lipinski definition) is 1. The van der Waals surface area contributed by atoms with Crippen LogP contribution >= 0.6 is 11.8 Å². The molecule has 0 spiro atoms. The number of hydrogen-bond acceptors (Lipinski definition) is 3. The summed E-state index contributed by atoms with van der Waals surface area (Å²) in [6, 6.07) is 0. The Hall–Kier alpha value is 0.270. The Morgan fingerprint density at radius 2 is 2.07 bits per heavy atom. The van der Waals surface area contributed by atoms with Gasteiger partial charge in [0.2, 0.25) is 0 Å². The monoisotopic (exact) mass is 233 g/mol. The van der Waals surface area contributed by atoms with Gasteiger partial charge in [0.15, 0.2) is 0 Å². The first-order valence-electron chi connectivity index (χ1n) is 5.89. The van der Waals surface area contributed by atoms with Crippen LogP contribution in [0.15, 0.2) is 0 Å². The van der Waals surface area contributed by atoms with Crippen molar-refractivity contribution >= 4 is 11.8 Å². The highest BCUT2D eigenvalue weighted by atomic mass is 32.2. The van der Waals surface area contributed by atoms with E-state index in [2.05, 4.69) is 25.4 Å². The number of nitrogens with one attached hydrogen (secondary N) is 1. The standard InChI is InChI=1S/C12H27NOS/c1-11(2)9-12(5-8-15-4)10-13-6-7-14-3/h11-13H,5-10H2,1-4H3. The lowest BCUT2D eigenvalue weighted by Gasteiger charge is -2.19. The maximum atomic E-state index is 5.02. The molecule has 0 fully saturated rings. The molecule has 0 aromatic heterocycles. The third-order valence-corrected chi connectivity index (χ3v) is 3.09. The fourth-order valence-electron chi connectivity index (χ4n) is 1.73. The first-order valence-corrected chi connectivity index (χ1v) is 7.28. The van der Waals surface area contributed by atoms with Crippen molar-refractivity contribution in [3.63, 3.8) is 0 Å². The molecule has 0 saturated carbocycles. The molecule has 0 aliphatic rings. The number of thioether (sulfide) groups is 1. The van der Waals surface area contributed by atoms with Gasteiger partial charge in [-0.05, 0) is 43.2 Å². The summed E-state index contributed by atoms with van der Waals surface area (Å²) in [5.74, 6) is 2.92. The molecule has 0 amide bonds. The first-order chi connectivity index (χ1) is 7.20. The molecular weight excluding hydrogens is 206 g/mol. The van der Waals surface area contributed by atoms with E-state index >= 15 is 0 Å². The first kappa shape index (κ1) is 15.3. The van der Waals surface area contributed by atoms with Gasteiger partial charge < -0.3 is 10.1 Å². The quantitative estimate of drug-likeness (QED) is 0.586. The zero-order valence-corrected chi connectivity index (χ0v) is 11.5. The van der Waals surface area contributed by atoms with Gasteiger partial charge in [-0.15, -0.1) is 0 Å². The van der Waals surface area contributed by atoms with Crippen LogP contribution in [-0.4, -0.2) is 38.8 Å². The summed E-state index contributed by atoms with van der Waals surface area (Å²) in [5.41, 5.74) is 0. The van der Waals surface area contributed by atoms with E-state index < -0.39 is 0 Å². The third kappa shape index (κ3) is 10.6. The topological polar surface area (TPSA) is 21.3 Å². The van der Waals surface area contributed by atoms with E-state index in [4.69, 9.17) is 4.74 Å². The van der Waals surface area contributed by atoms with Crippen LogP contribution in [0.4, 0.5) is 0 Å². The van der Waals surface area contributed by atoms with E-state index in [-0.39, 0.29) is 0 Å². The van der Waals surface area contributed by atoms with E-state index in [0.29, 0.717) is 0 Å². The number of ether oxygens (including phenoxy) is 1.